The van der Waals surface area contributed by atoms with Crippen LogP contribution in [0.2, 0.25) is 5.02 Å². The van der Waals surface area contributed by atoms with Gasteiger partial charge >= 0.3 is 0 Å². The molecule has 0 fully saturated rings. The number of thiol groups is 4. The number of hydrogen-bond acceptors (Lipinski definition) is 8. The van der Waals surface area contributed by atoms with E-state index < -0.39 is 15.5 Å². The molecule has 0 aromatic heterocycles. The van der Waals surface area contributed by atoms with Crippen molar-refractivity contribution < 1.29 is 13.9 Å². The molecule has 1 aliphatic heterocycles. The molecule has 0 aliphatic carbocycles. The van der Waals surface area contributed by atoms with Crippen molar-refractivity contribution in [3.8, 4) is 5.75 Å². The maximum atomic E-state index is 13.6. The topological polar surface area (TPSA) is 56.5 Å². The molecule has 4 nitrogen and oxygen atoms in total. The first-order valence-electron chi connectivity index (χ1n) is 5.79. The molecule has 22 heavy (non-hydrogen) atoms. The molecule has 0 radical (unpaired) electrons. The summed E-state index contributed by atoms with van der Waals surface area (Å²) >= 11 is 23.3. The van der Waals surface area contributed by atoms with Gasteiger partial charge in [-0.3, -0.25) is 5.84 Å². The minimum absolute atomic E-state index is 0.0131. The summed E-state index contributed by atoms with van der Waals surface area (Å²) in [5, 5.41) is 0.0354. The number of nitrogen functional groups attached to an aromatic ring is 1. The molecule has 2 rings (SSSR count). The zero-order valence-corrected chi connectivity index (χ0v) is 15.2. The van der Waals surface area contributed by atoms with Crippen LogP contribution in [0.3, 0.4) is 0 Å². The summed E-state index contributed by atoms with van der Waals surface area (Å²) in [5.74, 6) is 4.74. The molecule has 1 atom stereocenters. The molecule has 0 spiro atoms. The first kappa shape index (κ1) is 18.0. The van der Waals surface area contributed by atoms with E-state index in [-0.39, 0.29) is 16.5 Å². The summed E-state index contributed by atoms with van der Waals surface area (Å²) in [6.45, 7) is 0. The number of benzene rings is 1. The third-order valence-electron chi connectivity index (χ3n) is 2.74. The number of hydrazine groups is 1. The van der Waals surface area contributed by atoms with Crippen LogP contribution in [-0.2, 0) is 4.74 Å². The molecular weight excluding hydrogens is 387 g/mol. The molecular formula is C12H12ClFN2O2S4. The number of hydrogen-bond donors (Lipinski definition) is 6. The van der Waals surface area contributed by atoms with Crippen molar-refractivity contribution in [2.24, 2.45) is 5.84 Å². The fourth-order valence-corrected chi connectivity index (χ4v) is 3.79. The van der Waals surface area contributed by atoms with Crippen LogP contribution >= 0.6 is 62.1 Å². The summed E-state index contributed by atoms with van der Waals surface area (Å²) < 4.78 is 23.0. The van der Waals surface area contributed by atoms with E-state index in [4.69, 9.17) is 26.9 Å². The largest absolute Gasteiger partial charge is 0.483 e. The van der Waals surface area contributed by atoms with Crippen molar-refractivity contribution in [1.29, 1.82) is 0 Å². The Hall–Kier alpha value is -0.320. The standard InChI is InChI=1S/C12H12ClFN2O2S4/c13-5-3-6(14)7(16-15)4-8(5)18-12(21,22)10-9(19)1-2-17-11(10)20/h1-4,11,16,19-22H,15H2. The van der Waals surface area contributed by atoms with E-state index in [1.807, 2.05) is 0 Å². The highest BCUT2D eigenvalue weighted by Gasteiger charge is 2.37. The highest BCUT2D eigenvalue weighted by molar-refractivity contribution is 8.00. The minimum atomic E-state index is -1.44. The maximum Gasteiger partial charge on any atom is 0.223 e. The number of anilines is 1. The van der Waals surface area contributed by atoms with Crippen molar-refractivity contribution >= 4 is 67.8 Å². The van der Waals surface area contributed by atoms with Crippen molar-refractivity contribution in [1.82, 2.24) is 0 Å². The van der Waals surface area contributed by atoms with E-state index >= 15 is 0 Å². The second-order valence-corrected chi connectivity index (χ2v) is 7.18. The second kappa shape index (κ2) is 7.06. The SMILES string of the molecule is NNc1cc(OC(S)(S)C2=C(S)C=COC2S)c(Cl)cc1F. The number of nitrogens with one attached hydrogen (secondary N) is 1. The Bertz CT molecular complexity index is 654. The second-order valence-electron chi connectivity index (χ2n) is 4.21. The molecule has 0 bridgehead atoms. The molecule has 1 aromatic rings. The van der Waals surface area contributed by atoms with Crippen LogP contribution in [0, 0.1) is 5.82 Å². The van der Waals surface area contributed by atoms with Gasteiger partial charge in [-0.05, 0) is 12.1 Å². The van der Waals surface area contributed by atoms with Gasteiger partial charge in [0.25, 0.3) is 0 Å². The van der Waals surface area contributed by atoms with Crippen molar-refractivity contribution in [3.05, 3.63) is 45.8 Å². The van der Waals surface area contributed by atoms with E-state index in [1.54, 1.807) is 6.08 Å². The van der Waals surface area contributed by atoms with Gasteiger partial charge in [0, 0.05) is 11.0 Å². The molecule has 1 aliphatic rings. The molecule has 0 amide bonds. The van der Waals surface area contributed by atoms with E-state index in [0.29, 0.717) is 10.5 Å². The lowest BCUT2D eigenvalue weighted by molar-refractivity contribution is 0.209. The normalized spacial score (nSPS) is 18.2. The number of nitrogens with two attached hydrogens (primary N) is 1. The minimum Gasteiger partial charge on any atom is -0.483 e. The lowest BCUT2D eigenvalue weighted by atomic mass is 10.2. The molecule has 0 saturated carbocycles. The Labute approximate surface area is 153 Å². The van der Waals surface area contributed by atoms with Crippen molar-refractivity contribution in [3.63, 3.8) is 0 Å². The van der Waals surface area contributed by atoms with Gasteiger partial charge in [0.15, 0.2) is 5.44 Å². The summed E-state index contributed by atoms with van der Waals surface area (Å²) in [5.41, 5.74) is 2.02. The van der Waals surface area contributed by atoms with Gasteiger partial charge in [0.05, 0.1) is 22.5 Å². The summed E-state index contributed by atoms with van der Waals surface area (Å²) in [4.78, 5) is 0.534. The maximum absolute atomic E-state index is 13.6. The third-order valence-corrected chi connectivity index (χ3v) is 4.47. The van der Waals surface area contributed by atoms with Crippen LogP contribution in [-0.4, -0.2) is 9.70 Å². The quantitative estimate of drug-likeness (QED) is 0.203. The number of ether oxygens (including phenoxy) is 2. The van der Waals surface area contributed by atoms with E-state index in [1.165, 1.54) is 12.3 Å². The Morgan fingerprint density at radius 3 is 2.68 bits per heavy atom. The van der Waals surface area contributed by atoms with Gasteiger partial charge in [-0.15, -0.1) is 50.5 Å². The van der Waals surface area contributed by atoms with Gasteiger partial charge in [-0.25, -0.2) is 4.39 Å². The van der Waals surface area contributed by atoms with E-state index in [2.05, 4.69) is 55.9 Å². The molecule has 1 heterocycles. The smallest absolute Gasteiger partial charge is 0.223 e. The van der Waals surface area contributed by atoms with E-state index in [0.717, 1.165) is 6.07 Å². The fourth-order valence-electron chi connectivity index (χ4n) is 1.72. The summed E-state index contributed by atoms with van der Waals surface area (Å²) in [7, 11) is 0. The number of allylic oxidation sites excluding steroid dienone is 1. The average molecular weight is 399 g/mol. The van der Waals surface area contributed by atoms with Gasteiger partial charge in [0.1, 0.15) is 11.6 Å². The monoisotopic (exact) mass is 398 g/mol. The molecule has 1 unspecified atom stereocenters. The van der Waals surface area contributed by atoms with Gasteiger partial charge < -0.3 is 14.9 Å². The first-order valence-corrected chi connectivity index (χ1v) is 8.03. The fraction of sp³-hybridized carbons (Fsp3) is 0.167. The number of rotatable bonds is 4. The van der Waals surface area contributed by atoms with Crippen molar-refractivity contribution in [2.75, 3.05) is 5.43 Å². The highest BCUT2D eigenvalue weighted by Crippen LogP contribution is 2.43. The molecule has 10 heteroatoms. The lowest BCUT2D eigenvalue weighted by Crippen LogP contribution is -2.32. The highest BCUT2D eigenvalue weighted by atomic mass is 35.5. The Balaban J connectivity index is 2.39. The summed E-state index contributed by atoms with van der Waals surface area (Å²) in [6.07, 6.45) is 3.05. The van der Waals surface area contributed by atoms with E-state index in [9.17, 15) is 4.39 Å². The molecule has 0 saturated heterocycles. The van der Waals surface area contributed by atoms with Crippen LogP contribution in [0.5, 0.6) is 5.75 Å². The van der Waals surface area contributed by atoms with Crippen LogP contribution in [0.1, 0.15) is 0 Å². The molecule has 3 N–H and O–H groups in total. The average Bonchev–Trinajstić information content (AvgIpc) is 2.41. The van der Waals surface area contributed by atoms with Crippen LogP contribution < -0.4 is 16.0 Å². The zero-order chi connectivity index (χ0) is 16.5. The third kappa shape index (κ3) is 3.77. The molecule has 120 valence electrons. The van der Waals surface area contributed by atoms with Gasteiger partial charge in [-0.1, -0.05) is 11.6 Å². The number of halogens is 2. The Morgan fingerprint density at radius 1 is 1.41 bits per heavy atom. The van der Waals surface area contributed by atoms with Crippen molar-refractivity contribution in [2.45, 2.75) is 9.70 Å². The first-order chi connectivity index (χ1) is 10.3. The van der Waals surface area contributed by atoms with Crippen LogP contribution in [0.15, 0.2) is 34.9 Å². The molecule has 1 aromatic carbocycles. The van der Waals surface area contributed by atoms with Crippen LogP contribution in [0.25, 0.3) is 0 Å². The van der Waals surface area contributed by atoms with Crippen LogP contribution in [0.4, 0.5) is 10.1 Å². The predicted molar refractivity (Wildman–Crippen MR) is 99.6 cm³/mol. The predicted octanol–water partition coefficient (Wildman–Crippen LogP) is 3.64. The van der Waals surface area contributed by atoms with Gasteiger partial charge in [-0.2, -0.15) is 0 Å². The zero-order valence-electron chi connectivity index (χ0n) is 10.8. The summed E-state index contributed by atoms with van der Waals surface area (Å²) in [6, 6.07) is 2.36. The lowest BCUT2D eigenvalue weighted by Gasteiger charge is -2.32. The Kier molecular flexibility index (Phi) is 5.79. The van der Waals surface area contributed by atoms with Gasteiger partial charge in [0.2, 0.25) is 4.27 Å². The Morgan fingerprint density at radius 2 is 2.09 bits per heavy atom.